The number of benzene rings is 1. The topological polar surface area (TPSA) is 98.7 Å². The van der Waals surface area contributed by atoms with E-state index in [1.54, 1.807) is 31.2 Å². The summed E-state index contributed by atoms with van der Waals surface area (Å²) in [5.74, 6) is 1.12. The number of carbonyl (C=O) groups is 2. The maximum Gasteiger partial charge on any atom is 0.335 e. The zero-order valence-corrected chi connectivity index (χ0v) is 14.8. The van der Waals surface area contributed by atoms with Gasteiger partial charge in [0, 0.05) is 44.9 Å². The van der Waals surface area contributed by atoms with Gasteiger partial charge in [0.25, 0.3) is 0 Å². The molecule has 0 saturated carbocycles. The average molecular weight is 355 g/mol. The van der Waals surface area contributed by atoms with Gasteiger partial charge >= 0.3 is 5.97 Å². The molecule has 136 valence electrons. The van der Waals surface area contributed by atoms with Crippen molar-refractivity contribution in [2.45, 2.75) is 13.8 Å². The minimum atomic E-state index is -0.975. The molecule has 0 bridgehead atoms. The normalized spacial score (nSPS) is 14.2. The molecule has 0 radical (unpaired) electrons. The van der Waals surface area contributed by atoms with Crippen LogP contribution in [-0.4, -0.2) is 58.0 Å². The van der Waals surface area contributed by atoms with Crippen LogP contribution in [0, 0.1) is 6.92 Å². The number of nitrogens with one attached hydrogen (secondary N) is 1. The fourth-order valence-corrected chi connectivity index (χ4v) is 2.91. The highest BCUT2D eigenvalue weighted by Gasteiger charge is 2.20. The minimum Gasteiger partial charge on any atom is -0.478 e. The number of hydrogen-bond acceptors (Lipinski definition) is 6. The van der Waals surface area contributed by atoms with Gasteiger partial charge in [0.1, 0.15) is 17.5 Å². The largest absolute Gasteiger partial charge is 0.478 e. The molecule has 8 nitrogen and oxygen atoms in total. The third-order valence-corrected chi connectivity index (χ3v) is 4.26. The maximum absolute atomic E-state index is 11.5. The van der Waals surface area contributed by atoms with Gasteiger partial charge in [0.2, 0.25) is 5.91 Å². The number of carbonyl (C=O) groups excluding carboxylic acids is 1. The number of aryl methyl sites for hydroxylation is 1. The molecule has 1 aliphatic rings. The van der Waals surface area contributed by atoms with Crippen LogP contribution in [0.4, 0.5) is 17.3 Å². The summed E-state index contributed by atoms with van der Waals surface area (Å²) in [5, 5.41) is 12.2. The van der Waals surface area contributed by atoms with E-state index in [1.807, 2.05) is 17.9 Å². The minimum absolute atomic E-state index is 0.0872. The average Bonchev–Trinajstić information content (AvgIpc) is 2.61. The summed E-state index contributed by atoms with van der Waals surface area (Å²) in [6, 6.07) is 8.41. The predicted octanol–water partition coefficient (Wildman–Crippen LogP) is 1.90. The van der Waals surface area contributed by atoms with E-state index >= 15 is 0 Å². The summed E-state index contributed by atoms with van der Waals surface area (Å²) in [6.45, 7) is 6.16. The first-order valence-corrected chi connectivity index (χ1v) is 8.39. The van der Waals surface area contributed by atoms with Crippen LogP contribution in [-0.2, 0) is 4.79 Å². The number of hydrogen-bond donors (Lipinski definition) is 2. The molecule has 2 aromatic rings. The van der Waals surface area contributed by atoms with Gasteiger partial charge < -0.3 is 20.2 Å². The van der Waals surface area contributed by atoms with Crippen molar-refractivity contribution in [1.29, 1.82) is 0 Å². The SMILES string of the molecule is CC(=O)N1CCN(c2cc(Nc3cccc(C(=O)O)c3)nc(C)n2)CC1. The first-order valence-electron chi connectivity index (χ1n) is 8.39. The van der Waals surface area contributed by atoms with E-state index < -0.39 is 5.97 Å². The molecule has 0 spiro atoms. The Morgan fingerprint density at radius 1 is 1.12 bits per heavy atom. The number of carboxylic acid groups (broad SMARTS) is 1. The summed E-state index contributed by atoms with van der Waals surface area (Å²) >= 11 is 0. The number of aromatic carboxylic acids is 1. The molecular weight excluding hydrogens is 334 g/mol. The predicted molar refractivity (Wildman–Crippen MR) is 97.9 cm³/mol. The van der Waals surface area contributed by atoms with Gasteiger partial charge in [-0.1, -0.05) is 6.07 Å². The van der Waals surface area contributed by atoms with Crippen LogP contribution in [0.3, 0.4) is 0 Å². The van der Waals surface area contributed by atoms with Crippen molar-refractivity contribution in [2.75, 3.05) is 36.4 Å². The van der Waals surface area contributed by atoms with Crippen LogP contribution in [0.1, 0.15) is 23.1 Å². The Hall–Kier alpha value is -3.16. The van der Waals surface area contributed by atoms with Crippen LogP contribution < -0.4 is 10.2 Å². The molecule has 1 fully saturated rings. The van der Waals surface area contributed by atoms with Crippen molar-refractivity contribution in [2.24, 2.45) is 0 Å². The zero-order chi connectivity index (χ0) is 18.7. The molecule has 8 heteroatoms. The monoisotopic (exact) mass is 355 g/mol. The second kappa shape index (κ2) is 7.38. The molecule has 1 amide bonds. The molecule has 3 rings (SSSR count). The zero-order valence-electron chi connectivity index (χ0n) is 14.8. The molecule has 1 aromatic heterocycles. The van der Waals surface area contributed by atoms with Gasteiger partial charge in [0.15, 0.2) is 0 Å². The number of nitrogens with zero attached hydrogens (tertiary/aromatic N) is 4. The van der Waals surface area contributed by atoms with Crippen molar-refractivity contribution >= 4 is 29.2 Å². The van der Waals surface area contributed by atoms with E-state index in [1.165, 1.54) is 0 Å². The highest BCUT2D eigenvalue weighted by molar-refractivity contribution is 5.89. The lowest BCUT2D eigenvalue weighted by molar-refractivity contribution is -0.129. The smallest absolute Gasteiger partial charge is 0.335 e. The number of carboxylic acids is 1. The van der Waals surface area contributed by atoms with E-state index in [0.717, 1.165) is 5.82 Å². The van der Waals surface area contributed by atoms with E-state index in [9.17, 15) is 9.59 Å². The third kappa shape index (κ3) is 4.08. The molecule has 26 heavy (non-hydrogen) atoms. The van der Waals surface area contributed by atoms with Gasteiger partial charge in [0.05, 0.1) is 5.56 Å². The molecule has 2 heterocycles. The first-order chi connectivity index (χ1) is 12.4. The quantitative estimate of drug-likeness (QED) is 0.864. The second-order valence-electron chi connectivity index (χ2n) is 6.16. The first kappa shape index (κ1) is 17.7. The summed E-state index contributed by atoms with van der Waals surface area (Å²) in [5.41, 5.74) is 0.858. The lowest BCUT2D eigenvalue weighted by atomic mass is 10.2. The van der Waals surface area contributed by atoms with Crippen LogP contribution in [0.2, 0.25) is 0 Å². The van der Waals surface area contributed by atoms with Crippen LogP contribution >= 0.6 is 0 Å². The molecule has 0 aliphatic carbocycles. The van der Waals surface area contributed by atoms with E-state index in [4.69, 9.17) is 5.11 Å². The molecule has 2 N–H and O–H groups in total. The van der Waals surface area contributed by atoms with Crippen LogP contribution in [0.5, 0.6) is 0 Å². The molecule has 1 saturated heterocycles. The highest BCUT2D eigenvalue weighted by Crippen LogP contribution is 2.21. The number of anilines is 3. The molecular formula is C18H21N5O3. The third-order valence-electron chi connectivity index (χ3n) is 4.26. The van der Waals surface area contributed by atoms with Crippen LogP contribution in [0.15, 0.2) is 30.3 Å². The van der Waals surface area contributed by atoms with Crippen molar-refractivity contribution in [3.8, 4) is 0 Å². The van der Waals surface area contributed by atoms with Gasteiger partial charge in [-0.3, -0.25) is 4.79 Å². The number of piperazine rings is 1. The van der Waals surface area contributed by atoms with Crippen molar-refractivity contribution in [3.63, 3.8) is 0 Å². The molecule has 1 aliphatic heterocycles. The van der Waals surface area contributed by atoms with Crippen molar-refractivity contribution in [3.05, 3.63) is 41.7 Å². The Bertz CT molecular complexity index is 831. The molecule has 0 atom stereocenters. The van der Waals surface area contributed by atoms with Gasteiger partial charge in [-0.25, -0.2) is 14.8 Å². The lowest BCUT2D eigenvalue weighted by Gasteiger charge is -2.35. The Kier molecular flexibility index (Phi) is 5.01. The molecule has 0 unspecified atom stereocenters. The Balaban J connectivity index is 1.77. The summed E-state index contributed by atoms with van der Waals surface area (Å²) in [6.07, 6.45) is 0. The summed E-state index contributed by atoms with van der Waals surface area (Å²) in [4.78, 5) is 35.4. The fourth-order valence-electron chi connectivity index (χ4n) is 2.91. The molecule has 1 aromatic carbocycles. The highest BCUT2D eigenvalue weighted by atomic mass is 16.4. The number of amides is 1. The Morgan fingerprint density at radius 2 is 1.85 bits per heavy atom. The van der Waals surface area contributed by atoms with E-state index in [0.29, 0.717) is 43.5 Å². The van der Waals surface area contributed by atoms with Crippen LogP contribution in [0.25, 0.3) is 0 Å². The lowest BCUT2D eigenvalue weighted by Crippen LogP contribution is -2.48. The number of aromatic nitrogens is 2. The fraction of sp³-hybridized carbons (Fsp3) is 0.333. The van der Waals surface area contributed by atoms with Crippen molar-refractivity contribution in [1.82, 2.24) is 14.9 Å². The Morgan fingerprint density at radius 3 is 2.50 bits per heavy atom. The van der Waals surface area contributed by atoms with Gasteiger partial charge in [-0.2, -0.15) is 0 Å². The summed E-state index contributed by atoms with van der Waals surface area (Å²) < 4.78 is 0. The summed E-state index contributed by atoms with van der Waals surface area (Å²) in [7, 11) is 0. The van der Waals surface area contributed by atoms with Gasteiger partial charge in [-0.15, -0.1) is 0 Å². The Labute approximate surface area is 151 Å². The maximum atomic E-state index is 11.5. The van der Waals surface area contributed by atoms with Crippen molar-refractivity contribution < 1.29 is 14.7 Å². The second-order valence-corrected chi connectivity index (χ2v) is 6.16. The van der Waals surface area contributed by atoms with E-state index in [2.05, 4.69) is 20.2 Å². The van der Waals surface area contributed by atoms with Gasteiger partial charge in [-0.05, 0) is 25.1 Å². The van der Waals surface area contributed by atoms with E-state index in [-0.39, 0.29) is 11.5 Å². The standard InChI is InChI=1S/C18H21N5O3/c1-12-19-16(21-15-5-3-4-14(10-15)18(25)26)11-17(20-12)23-8-6-22(7-9-23)13(2)24/h3-5,10-11H,6-9H2,1-2H3,(H,25,26)(H,19,20,21). The number of rotatable bonds is 4.